The van der Waals surface area contributed by atoms with Crippen molar-refractivity contribution in [1.82, 2.24) is 10.3 Å². The van der Waals surface area contributed by atoms with Crippen LogP contribution < -0.4 is 10.2 Å². The van der Waals surface area contributed by atoms with Gasteiger partial charge in [0.25, 0.3) is 0 Å². The van der Waals surface area contributed by atoms with Gasteiger partial charge in [0, 0.05) is 38.2 Å². The molecule has 0 radical (unpaired) electrons. The number of anilines is 1. The summed E-state index contributed by atoms with van der Waals surface area (Å²) in [4.78, 5) is 6.12. The molecule has 0 unspecified atom stereocenters. The maximum Gasteiger partial charge on any atom is 0.123 e. The fourth-order valence-corrected chi connectivity index (χ4v) is 2.11. The van der Waals surface area contributed by atoms with Gasteiger partial charge in [-0.1, -0.05) is 0 Å². The van der Waals surface area contributed by atoms with Crippen LogP contribution in [0.1, 0.15) is 11.1 Å². The molecule has 1 N–H and O–H groups in total. The van der Waals surface area contributed by atoms with Crippen molar-refractivity contribution in [2.45, 2.75) is 13.1 Å². The summed E-state index contributed by atoms with van der Waals surface area (Å²) >= 11 is 0. The molecular weight excluding hydrogens is 241 g/mol. The van der Waals surface area contributed by atoms with Gasteiger partial charge in [-0.15, -0.1) is 0 Å². The first-order chi connectivity index (χ1) is 9.20. The summed E-state index contributed by atoms with van der Waals surface area (Å²) in [5.74, 6) is -0.202. The van der Waals surface area contributed by atoms with E-state index in [1.165, 1.54) is 11.6 Å². The Bertz CT molecular complexity index is 528. The van der Waals surface area contributed by atoms with E-state index in [4.69, 9.17) is 0 Å². The number of halogens is 1. The van der Waals surface area contributed by atoms with Crippen molar-refractivity contribution in [2.75, 3.05) is 19.0 Å². The summed E-state index contributed by atoms with van der Waals surface area (Å²) < 4.78 is 13.3. The van der Waals surface area contributed by atoms with Crippen LogP contribution in [0.4, 0.5) is 10.1 Å². The molecule has 2 rings (SSSR count). The summed E-state index contributed by atoms with van der Waals surface area (Å²) in [5.41, 5.74) is 3.17. The molecule has 0 saturated heterocycles. The molecule has 0 atom stereocenters. The molecule has 100 valence electrons. The largest absolute Gasteiger partial charge is 0.370 e. The lowest BCUT2D eigenvalue weighted by Crippen LogP contribution is -2.19. The molecule has 19 heavy (non-hydrogen) atoms. The monoisotopic (exact) mass is 259 g/mol. The van der Waals surface area contributed by atoms with Crippen molar-refractivity contribution in [2.24, 2.45) is 0 Å². The average molecular weight is 259 g/mol. The second kappa shape index (κ2) is 6.29. The molecule has 0 aliphatic heterocycles. The Balaban J connectivity index is 2.20. The molecule has 1 aromatic carbocycles. The van der Waals surface area contributed by atoms with Crippen LogP contribution in [0.25, 0.3) is 0 Å². The Morgan fingerprint density at radius 1 is 1.21 bits per heavy atom. The van der Waals surface area contributed by atoms with E-state index in [0.717, 1.165) is 17.8 Å². The molecule has 1 heterocycles. The van der Waals surface area contributed by atoms with Gasteiger partial charge in [-0.3, -0.25) is 4.98 Å². The fraction of sp³-hybridized carbons (Fsp3) is 0.267. The minimum atomic E-state index is -0.202. The van der Waals surface area contributed by atoms with Crippen molar-refractivity contribution >= 4 is 5.69 Å². The van der Waals surface area contributed by atoms with Crippen molar-refractivity contribution in [1.29, 1.82) is 0 Å². The Labute approximate surface area is 113 Å². The van der Waals surface area contributed by atoms with E-state index in [1.54, 1.807) is 18.5 Å². The lowest BCUT2D eigenvalue weighted by Gasteiger charge is -2.22. The molecule has 0 saturated carbocycles. The first-order valence-electron chi connectivity index (χ1n) is 6.24. The molecule has 2 aromatic rings. The summed E-state index contributed by atoms with van der Waals surface area (Å²) in [5, 5.41) is 3.07. The highest BCUT2D eigenvalue weighted by atomic mass is 19.1. The third kappa shape index (κ3) is 3.51. The minimum Gasteiger partial charge on any atom is -0.370 e. The zero-order chi connectivity index (χ0) is 13.7. The Hall–Kier alpha value is -1.94. The van der Waals surface area contributed by atoms with Crippen LogP contribution in [0.15, 0.2) is 42.7 Å². The van der Waals surface area contributed by atoms with Gasteiger partial charge in [0.15, 0.2) is 0 Å². The number of hydrogen-bond donors (Lipinski definition) is 1. The second-order valence-corrected chi connectivity index (χ2v) is 4.51. The van der Waals surface area contributed by atoms with Crippen LogP contribution in [0, 0.1) is 5.82 Å². The van der Waals surface area contributed by atoms with Crippen LogP contribution in [-0.4, -0.2) is 19.1 Å². The second-order valence-electron chi connectivity index (χ2n) is 4.51. The summed E-state index contributed by atoms with van der Waals surface area (Å²) in [6, 6.07) is 8.87. The van der Waals surface area contributed by atoms with Crippen LogP contribution in [0.2, 0.25) is 0 Å². The smallest absolute Gasteiger partial charge is 0.123 e. The topological polar surface area (TPSA) is 28.2 Å². The maximum atomic E-state index is 13.3. The van der Waals surface area contributed by atoms with E-state index in [2.05, 4.69) is 15.2 Å². The van der Waals surface area contributed by atoms with Gasteiger partial charge < -0.3 is 10.2 Å². The Morgan fingerprint density at radius 3 is 2.63 bits per heavy atom. The molecule has 4 heteroatoms. The average Bonchev–Trinajstić information content (AvgIpc) is 2.40. The normalized spacial score (nSPS) is 10.5. The van der Waals surface area contributed by atoms with Crippen molar-refractivity contribution in [3.8, 4) is 0 Å². The predicted molar refractivity (Wildman–Crippen MR) is 75.5 cm³/mol. The lowest BCUT2D eigenvalue weighted by molar-refractivity contribution is 0.623. The van der Waals surface area contributed by atoms with Crippen LogP contribution in [0.5, 0.6) is 0 Å². The third-order valence-corrected chi connectivity index (χ3v) is 2.99. The number of rotatable bonds is 5. The van der Waals surface area contributed by atoms with Gasteiger partial charge in [-0.25, -0.2) is 4.39 Å². The number of hydrogen-bond acceptors (Lipinski definition) is 3. The molecule has 3 nitrogen and oxygen atoms in total. The highest BCUT2D eigenvalue weighted by molar-refractivity contribution is 5.53. The zero-order valence-electron chi connectivity index (χ0n) is 11.2. The summed E-state index contributed by atoms with van der Waals surface area (Å²) in [6.45, 7) is 1.42. The van der Waals surface area contributed by atoms with E-state index in [-0.39, 0.29) is 5.82 Å². The number of nitrogens with one attached hydrogen (secondary N) is 1. The quantitative estimate of drug-likeness (QED) is 0.894. The lowest BCUT2D eigenvalue weighted by atomic mass is 10.1. The zero-order valence-corrected chi connectivity index (χ0v) is 11.2. The number of nitrogens with zero attached hydrogens (tertiary/aromatic N) is 2. The van der Waals surface area contributed by atoms with Gasteiger partial charge in [0.1, 0.15) is 5.82 Å². The number of benzene rings is 1. The van der Waals surface area contributed by atoms with E-state index < -0.39 is 0 Å². The van der Waals surface area contributed by atoms with Crippen LogP contribution in [-0.2, 0) is 13.1 Å². The SMILES string of the molecule is CNCc1cc(F)ccc1N(C)Cc1ccncc1. The highest BCUT2D eigenvalue weighted by Crippen LogP contribution is 2.22. The van der Waals surface area contributed by atoms with Crippen molar-refractivity contribution in [3.63, 3.8) is 0 Å². The van der Waals surface area contributed by atoms with Gasteiger partial charge >= 0.3 is 0 Å². The maximum absolute atomic E-state index is 13.3. The van der Waals surface area contributed by atoms with Gasteiger partial charge in [-0.2, -0.15) is 0 Å². The summed E-state index contributed by atoms with van der Waals surface area (Å²) in [6.07, 6.45) is 3.56. The Morgan fingerprint density at radius 2 is 1.95 bits per heavy atom. The van der Waals surface area contributed by atoms with E-state index in [1.807, 2.05) is 32.3 Å². The fourth-order valence-electron chi connectivity index (χ4n) is 2.11. The molecule has 0 aliphatic rings. The molecule has 0 aliphatic carbocycles. The Kier molecular flexibility index (Phi) is 4.47. The minimum absolute atomic E-state index is 0.202. The van der Waals surface area contributed by atoms with Gasteiger partial charge in [0.05, 0.1) is 0 Å². The molecule has 0 amide bonds. The van der Waals surface area contributed by atoms with Crippen LogP contribution >= 0.6 is 0 Å². The number of aromatic nitrogens is 1. The summed E-state index contributed by atoms with van der Waals surface area (Å²) in [7, 11) is 3.87. The standard InChI is InChI=1S/C15H18FN3/c1-17-10-13-9-14(16)3-4-15(13)19(2)11-12-5-7-18-8-6-12/h3-9,17H,10-11H2,1-2H3. The highest BCUT2D eigenvalue weighted by Gasteiger charge is 2.08. The molecule has 1 aromatic heterocycles. The first kappa shape index (κ1) is 13.5. The first-order valence-corrected chi connectivity index (χ1v) is 6.24. The van der Waals surface area contributed by atoms with Gasteiger partial charge in [-0.05, 0) is 48.5 Å². The van der Waals surface area contributed by atoms with Crippen molar-refractivity contribution < 1.29 is 4.39 Å². The van der Waals surface area contributed by atoms with E-state index in [9.17, 15) is 4.39 Å². The van der Waals surface area contributed by atoms with Crippen LogP contribution in [0.3, 0.4) is 0 Å². The molecule has 0 fully saturated rings. The predicted octanol–water partition coefficient (Wildman–Crippen LogP) is 2.58. The van der Waals surface area contributed by atoms with Crippen molar-refractivity contribution in [3.05, 3.63) is 59.7 Å². The molecule has 0 spiro atoms. The number of pyridine rings is 1. The third-order valence-electron chi connectivity index (χ3n) is 2.99. The van der Waals surface area contributed by atoms with Gasteiger partial charge in [0.2, 0.25) is 0 Å². The molecule has 0 bridgehead atoms. The van der Waals surface area contributed by atoms with E-state index in [0.29, 0.717) is 6.54 Å². The van der Waals surface area contributed by atoms with E-state index >= 15 is 0 Å². The molecular formula is C15H18FN3.